The van der Waals surface area contributed by atoms with E-state index >= 15 is 0 Å². The summed E-state index contributed by atoms with van der Waals surface area (Å²) in [6.45, 7) is 0.968. The topological polar surface area (TPSA) is 99.8 Å². The summed E-state index contributed by atoms with van der Waals surface area (Å²) < 4.78 is 13.2. The Balaban J connectivity index is 1.39. The van der Waals surface area contributed by atoms with Gasteiger partial charge in [0, 0.05) is 24.3 Å². The predicted octanol–water partition coefficient (Wildman–Crippen LogP) is 3.49. The third kappa shape index (κ3) is 5.02. The van der Waals surface area contributed by atoms with Crippen molar-refractivity contribution < 1.29 is 14.0 Å². The van der Waals surface area contributed by atoms with E-state index in [4.69, 9.17) is 5.73 Å². The van der Waals surface area contributed by atoms with Gasteiger partial charge in [0.05, 0.1) is 5.69 Å². The number of benzene rings is 2. The molecule has 8 heteroatoms. The van der Waals surface area contributed by atoms with E-state index < -0.39 is 23.7 Å². The fraction of sp³-hybridized carbons (Fsp3) is 0.348. The first kappa shape index (κ1) is 20.8. The highest BCUT2D eigenvalue weighted by Crippen LogP contribution is 2.26. The maximum atomic E-state index is 13.2. The Hall–Kier alpha value is -3.42. The van der Waals surface area contributed by atoms with Gasteiger partial charge in [-0.25, -0.2) is 4.39 Å². The van der Waals surface area contributed by atoms with E-state index in [2.05, 4.69) is 15.7 Å². The highest BCUT2D eigenvalue weighted by atomic mass is 19.1. The Morgan fingerprint density at radius 2 is 1.68 bits per heavy atom. The number of hydrogen-bond donors (Lipinski definition) is 3. The van der Waals surface area contributed by atoms with Crippen molar-refractivity contribution >= 4 is 34.6 Å². The fourth-order valence-electron chi connectivity index (χ4n) is 4.05. The average molecular weight is 423 g/mol. The van der Waals surface area contributed by atoms with Crippen LogP contribution in [0.4, 0.5) is 21.5 Å². The zero-order valence-corrected chi connectivity index (χ0v) is 17.2. The summed E-state index contributed by atoms with van der Waals surface area (Å²) in [5.74, 6) is -0.667. The molecule has 1 aliphatic heterocycles. The van der Waals surface area contributed by atoms with Crippen LogP contribution in [0.5, 0.6) is 0 Å². The molecule has 4 N–H and O–H groups in total. The van der Waals surface area contributed by atoms with E-state index in [1.54, 1.807) is 0 Å². The summed E-state index contributed by atoms with van der Waals surface area (Å²) in [6, 6.07) is 12.2. The van der Waals surface area contributed by atoms with Crippen LogP contribution in [0.3, 0.4) is 0 Å². The first-order chi connectivity index (χ1) is 15.0. The summed E-state index contributed by atoms with van der Waals surface area (Å²) in [7, 11) is 0. The molecular weight excluding hydrogens is 397 g/mol. The summed E-state index contributed by atoms with van der Waals surface area (Å²) in [4.78, 5) is 24.6. The molecule has 7 nitrogen and oxygen atoms in total. The molecule has 0 aromatic heterocycles. The quantitative estimate of drug-likeness (QED) is 0.635. The maximum absolute atomic E-state index is 13.2. The molecule has 0 radical (unpaired) electrons. The molecule has 162 valence electrons. The third-order valence-corrected chi connectivity index (χ3v) is 5.80. The molecule has 2 amide bonds. The zero-order valence-electron chi connectivity index (χ0n) is 17.2. The minimum absolute atomic E-state index is 0.0829. The van der Waals surface area contributed by atoms with Gasteiger partial charge in [0.1, 0.15) is 17.6 Å². The monoisotopic (exact) mass is 423 g/mol. The predicted molar refractivity (Wildman–Crippen MR) is 119 cm³/mol. The van der Waals surface area contributed by atoms with Crippen LogP contribution in [0.1, 0.15) is 32.1 Å². The highest BCUT2D eigenvalue weighted by Gasteiger charge is 2.35. The van der Waals surface area contributed by atoms with Crippen molar-refractivity contribution in [3.63, 3.8) is 0 Å². The number of hydrazone groups is 1. The normalized spacial score (nSPS) is 18.7. The Bertz CT molecular complexity index is 968. The molecule has 0 spiro atoms. The van der Waals surface area contributed by atoms with E-state index in [0.29, 0.717) is 11.4 Å². The van der Waals surface area contributed by atoms with Gasteiger partial charge in [0.2, 0.25) is 5.91 Å². The number of nitrogens with two attached hydrogens (primary N) is 1. The van der Waals surface area contributed by atoms with Gasteiger partial charge in [-0.05, 0) is 67.3 Å². The largest absolute Gasteiger partial charge is 0.385 e. The van der Waals surface area contributed by atoms with Gasteiger partial charge in [-0.1, -0.05) is 12.8 Å². The van der Waals surface area contributed by atoms with Gasteiger partial charge >= 0.3 is 0 Å². The van der Waals surface area contributed by atoms with Crippen molar-refractivity contribution in [3.8, 4) is 0 Å². The van der Waals surface area contributed by atoms with Gasteiger partial charge in [-0.15, -0.1) is 0 Å². The number of hydrogen-bond acceptors (Lipinski definition) is 5. The Labute approximate surface area is 180 Å². The Kier molecular flexibility index (Phi) is 6.16. The van der Waals surface area contributed by atoms with Gasteiger partial charge in [0.15, 0.2) is 0 Å². The molecule has 1 atom stereocenters. The number of nitrogens with one attached hydrogen (secondary N) is 2. The number of anilines is 3. The third-order valence-electron chi connectivity index (χ3n) is 5.80. The fourth-order valence-corrected chi connectivity index (χ4v) is 4.05. The van der Waals surface area contributed by atoms with Crippen molar-refractivity contribution in [2.24, 2.45) is 16.8 Å². The van der Waals surface area contributed by atoms with Gasteiger partial charge in [0.25, 0.3) is 5.91 Å². The molecule has 1 heterocycles. The maximum Gasteiger partial charge on any atom is 0.271 e. The molecule has 2 aromatic carbocycles. The van der Waals surface area contributed by atoms with Crippen LogP contribution >= 0.6 is 0 Å². The van der Waals surface area contributed by atoms with Crippen molar-refractivity contribution in [2.45, 2.75) is 38.1 Å². The molecular formula is C23H26FN5O2. The molecule has 2 aliphatic rings. The molecule has 0 bridgehead atoms. The Morgan fingerprint density at radius 1 is 1.03 bits per heavy atom. The summed E-state index contributed by atoms with van der Waals surface area (Å²) in [5, 5.41) is 11.9. The van der Waals surface area contributed by atoms with E-state index in [9.17, 15) is 14.0 Å². The summed E-state index contributed by atoms with van der Waals surface area (Å²) >= 11 is 0. The summed E-state index contributed by atoms with van der Waals surface area (Å²) in [6.07, 6.45) is 5.28. The van der Waals surface area contributed by atoms with Crippen LogP contribution in [0.25, 0.3) is 0 Å². The van der Waals surface area contributed by atoms with Crippen molar-refractivity contribution in [3.05, 3.63) is 54.3 Å². The molecule has 1 fully saturated rings. The second kappa shape index (κ2) is 9.16. The van der Waals surface area contributed by atoms with Gasteiger partial charge < -0.3 is 16.4 Å². The number of rotatable bonds is 7. The van der Waals surface area contributed by atoms with Crippen LogP contribution in [-0.2, 0) is 9.59 Å². The second-order valence-corrected chi connectivity index (χ2v) is 8.05. The van der Waals surface area contributed by atoms with E-state index in [1.807, 2.05) is 24.3 Å². The highest BCUT2D eigenvalue weighted by molar-refractivity contribution is 6.44. The number of nitrogens with zero attached hydrogens (tertiary/aromatic N) is 2. The SMILES string of the molecule is NC(=O)C1CC(C(=O)Nc2ccc(NCC3CCCC3)cc2)=NN1c1ccc(F)cc1. The lowest BCUT2D eigenvalue weighted by atomic mass is 10.1. The average Bonchev–Trinajstić information content (AvgIpc) is 3.44. The van der Waals surface area contributed by atoms with Crippen LogP contribution in [0, 0.1) is 11.7 Å². The molecule has 31 heavy (non-hydrogen) atoms. The van der Waals surface area contributed by atoms with E-state index in [0.717, 1.165) is 18.2 Å². The number of carbonyl (C=O) groups excluding carboxylic acids is 2. The van der Waals surface area contributed by atoms with Crippen LogP contribution in [0.2, 0.25) is 0 Å². The van der Waals surface area contributed by atoms with E-state index in [-0.39, 0.29) is 12.1 Å². The minimum Gasteiger partial charge on any atom is -0.385 e. The first-order valence-corrected chi connectivity index (χ1v) is 10.6. The first-order valence-electron chi connectivity index (χ1n) is 10.6. The number of carbonyl (C=O) groups is 2. The van der Waals surface area contributed by atoms with Gasteiger partial charge in [-0.3, -0.25) is 14.6 Å². The lowest BCUT2D eigenvalue weighted by molar-refractivity contribution is -0.119. The molecule has 1 aliphatic carbocycles. The number of primary amides is 1. The van der Waals surface area contributed by atoms with Crippen molar-refractivity contribution in [1.82, 2.24) is 0 Å². The molecule has 1 unspecified atom stereocenters. The van der Waals surface area contributed by atoms with Crippen LogP contribution in [-0.4, -0.2) is 30.1 Å². The smallest absolute Gasteiger partial charge is 0.271 e. The molecule has 2 aromatic rings. The molecule has 1 saturated carbocycles. The standard InChI is InChI=1S/C23H26FN5O2/c24-16-5-11-19(12-6-16)29-21(22(25)30)13-20(28-29)23(31)27-18-9-7-17(8-10-18)26-14-15-3-1-2-4-15/h5-12,15,21,26H,1-4,13-14H2,(H2,25,30)(H,27,31). The van der Waals surface area contributed by atoms with Crippen molar-refractivity contribution in [2.75, 3.05) is 22.2 Å². The Morgan fingerprint density at radius 3 is 2.32 bits per heavy atom. The second-order valence-electron chi connectivity index (χ2n) is 8.05. The minimum atomic E-state index is -0.798. The van der Waals surface area contributed by atoms with Crippen LogP contribution in [0.15, 0.2) is 53.6 Å². The van der Waals surface area contributed by atoms with Crippen molar-refractivity contribution in [1.29, 1.82) is 0 Å². The van der Waals surface area contributed by atoms with Gasteiger partial charge in [-0.2, -0.15) is 5.10 Å². The lowest BCUT2D eigenvalue weighted by Gasteiger charge is -2.20. The zero-order chi connectivity index (χ0) is 21.8. The summed E-state index contributed by atoms with van der Waals surface area (Å²) in [5.41, 5.74) is 7.82. The van der Waals surface area contributed by atoms with E-state index in [1.165, 1.54) is 55.0 Å². The number of halogens is 1. The molecule has 0 saturated heterocycles. The lowest BCUT2D eigenvalue weighted by Crippen LogP contribution is -2.39. The van der Waals surface area contributed by atoms with Crippen LogP contribution < -0.4 is 21.4 Å². The number of amides is 2. The molecule has 4 rings (SSSR count).